The molecule has 2 aromatic rings. The smallest absolute Gasteiger partial charge is 0.269 e. The van der Waals surface area contributed by atoms with Crippen molar-refractivity contribution in [3.8, 4) is 0 Å². The summed E-state index contributed by atoms with van der Waals surface area (Å²) in [6.45, 7) is 1.23. The van der Waals surface area contributed by atoms with Crippen LogP contribution in [-0.4, -0.2) is 24.2 Å². The van der Waals surface area contributed by atoms with Crippen LogP contribution in [0.1, 0.15) is 6.42 Å². The third kappa shape index (κ3) is 2.51. The standard InChI is InChI=1S/C16H16N2O2/c19-16(17-12-7-13-20-17)18(14-8-3-1-4-9-14)15-10-5-2-6-11-15/h1-6,8-11H,7,12-13H2. The number of urea groups is 1. The first-order valence-electron chi connectivity index (χ1n) is 6.71. The van der Waals surface area contributed by atoms with Gasteiger partial charge in [0, 0.05) is 0 Å². The largest absolute Gasteiger partial charge is 0.353 e. The minimum absolute atomic E-state index is 0.153. The van der Waals surface area contributed by atoms with Gasteiger partial charge in [-0.25, -0.2) is 9.86 Å². The molecule has 0 aromatic heterocycles. The highest BCUT2D eigenvalue weighted by atomic mass is 16.7. The van der Waals surface area contributed by atoms with Crippen LogP contribution in [0.15, 0.2) is 60.7 Å². The van der Waals surface area contributed by atoms with Gasteiger partial charge in [-0.15, -0.1) is 0 Å². The van der Waals surface area contributed by atoms with Crippen molar-refractivity contribution in [1.29, 1.82) is 0 Å². The van der Waals surface area contributed by atoms with Gasteiger partial charge in [-0.2, -0.15) is 0 Å². The molecule has 3 rings (SSSR count). The van der Waals surface area contributed by atoms with E-state index in [1.54, 1.807) is 4.90 Å². The normalized spacial score (nSPS) is 14.3. The second-order valence-electron chi connectivity index (χ2n) is 4.58. The van der Waals surface area contributed by atoms with Crippen LogP contribution in [0.4, 0.5) is 16.2 Å². The Bertz CT molecular complexity index is 526. The van der Waals surface area contributed by atoms with E-state index in [1.165, 1.54) is 5.06 Å². The molecule has 102 valence electrons. The highest BCUT2D eigenvalue weighted by Gasteiger charge is 2.27. The molecule has 0 N–H and O–H groups in total. The lowest BCUT2D eigenvalue weighted by atomic mass is 10.2. The van der Waals surface area contributed by atoms with Crippen LogP contribution in [0.3, 0.4) is 0 Å². The van der Waals surface area contributed by atoms with Gasteiger partial charge < -0.3 is 0 Å². The number of para-hydroxylation sites is 2. The lowest BCUT2D eigenvalue weighted by molar-refractivity contribution is -0.0630. The van der Waals surface area contributed by atoms with Crippen LogP contribution in [-0.2, 0) is 4.84 Å². The summed E-state index contributed by atoms with van der Waals surface area (Å²) < 4.78 is 0. The molecule has 2 aromatic carbocycles. The number of benzene rings is 2. The highest BCUT2D eigenvalue weighted by molar-refractivity contribution is 5.98. The Kier molecular flexibility index (Phi) is 3.65. The summed E-state index contributed by atoms with van der Waals surface area (Å²) >= 11 is 0. The third-order valence-corrected chi connectivity index (χ3v) is 3.19. The molecule has 1 heterocycles. The Morgan fingerprint density at radius 2 is 1.50 bits per heavy atom. The van der Waals surface area contributed by atoms with Crippen molar-refractivity contribution in [3.63, 3.8) is 0 Å². The van der Waals surface area contributed by atoms with E-state index in [1.807, 2.05) is 60.7 Å². The van der Waals surface area contributed by atoms with Gasteiger partial charge in [0.2, 0.25) is 0 Å². The second kappa shape index (κ2) is 5.75. The summed E-state index contributed by atoms with van der Waals surface area (Å²) in [6.07, 6.45) is 0.878. The molecule has 20 heavy (non-hydrogen) atoms. The van der Waals surface area contributed by atoms with Gasteiger partial charge in [0.1, 0.15) is 0 Å². The van der Waals surface area contributed by atoms with Crippen molar-refractivity contribution in [3.05, 3.63) is 60.7 Å². The Hall–Kier alpha value is -2.33. The number of rotatable bonds is 2. The van der Waals surface area contributed by atoms with E-state index in [2.05, 4.69) is 0 Å². The number of hydrogen-bond acceptors (Lipinski definition) is 2. The fourth-order valence-corrected chi connectivity index (χ4v) is 2.23. The summed E-state index contributed by atoms with van der Waals surface area (Å²) in [4.78, 5) is 19.7. The number of carbonyl (C=O) groups is 1. The zero-order valence-electron chi connectivity index (χ0n) is 11.1. The Morgan fingerprint density at radius 1 is 0.950 bits per heavy atom. The molecule has 0 bridgehead atoms. The van der Waals surface area contributed by atoms with Crippen LogP contribution in [0, 0.1) is 0 Å². The van der Waals surface area contributed by atoms with Crippen molar-refractivity contribution >= 4 is 17.4 Å². The van der Waals surface area contributed by atoms with Crippen LogP contribution in [0.2, 0.25) is 0 Å². The first-order valence-corrected chi connectivity index (χ1v) is 6.71. The van der Waals surface area contributed by atoms with Gasteiger partial charge in [-0.1, -0.05) is 36.4 Å². The topological polar surface area (TPSA) is 32.8 Å². The molecule has 1 saturated heterocycles. The average Bonchev–Trinajstić information content (AvgIpc) is 3.04. The van der Waals surface area contributed by atoms with E-state index in [9.17, 15) is 4.79 Å². The number of nitrogens with zero attached hydrogens (tertiary/aromatic N) is 2. The molecule has 0 saturated carbocycles. The summed E-state index contributed by atoms with van der Waals surface area (Å²) in [5.74, 6) is 0. The molecule has 2 amide bonds. The lowest BCUT2D eigenvalue weighted by Gasteiger charge is -2.27. The van der Waals surface area contributed by atoms with Crippen LogP contribution in [0.5, 0.6) is 0 Å². The molecule has 0 unspecified atom stereocenters. The maximum atomic E-state index is 12.7. The number of amides is 2. The van der Waals surface area contributed by atoms with Gasteiger partial charge in [0.25, 0.3) is 0 Å². The van der Waals surface area contributed by atoms with Gasteiger partial charge >= 0.3 is 6.03 Å². The van der Waals surface area contributed by atoms with Crippen molar-refractivity contribution in [1.82, 2.24) is 5.06 Å². The minimum atomic E-state index is -0.153. The molecule has 0 atom stereocenters. The Morgan fingerprint density at radius 3 is 1.95 bits per heavy atom. The van der Waals surface area contributed by atoms with E-state index in [-0.39, 0.29) is 6.03 Å². The monoisotopic (exact) mass is 268 g/mol. The van der Waals surface area contributed by atoms with E-state index < -0.39 is 0 Å². The quantitative estimate of drug-likeness (QED) is 0.834. The zero-order chi connectivity index (χ0) is 13.8. The van der Waals surface area contributed by atoms with E-state index >= 15 is 0 Å². The molecular formula is C16H16N2O2. The van der Waals surface area contributed by atoms with E-state index in [0.717, 1.165) is 17.8 Å². The Balaban J connectivity index is 1.97. The number of carbonyl (C=O) groups excluding carboxylic acids is 1. The van der Waals surface area contributed by atoms with Gasteiger partial charge in [0.15, 0.2) is 0 Å². The van der Waals surface area contributed by atoms with E-state index in [0.29, 0.717) is 13.2 Å². The average molecular weight is 268 g/mol. The fraction of sp³-hybridized carbons (Fsp3) is 0.188. The van der Waals surface area contributed by atoms with Crippen molar-refractivity contribution in [2.75, 3.05) is 18.1 Å². The van der Waals surface area contributed by atoms with Crippen LogP contribution < -0.4 is 4.90 Å². The molecule has 4 heteroatoms. The van der Waals surface area contributed by atoms with Crippen molar-refractivity contribution in [2.24, 2.45) is 0 Å². The summed E-state index contributed by atoms with van der Waals surface area (Å²) in [6, 6.07) is 19.1. The number of anilines is 2. The molecular weight excluding hydrogens is 252 g/mol. The summed E-state index contributed by atoms with van der Waals surface area (Å²) in [7, 11) is 0. The molecule has 0 radical (unpaired) electrons. The number of hydrogen-bond donors (Lipinski definition) is 0. The molecule has 4 nitrogen and oxygen atoms in total. The predicted octanol–water partition coefficient (Wildman–Crippen LogP) is 3.58. The van der Waals surface area contributed by atoms with Crippen molar-refractivity contribution in [2.45, 2.75) is 6.42 Å². The molecule has 0 aliphatic carbocycles. The summed E-state index contributed by atoms with van der Waals surface area (Å²) in [5, 5.41) is 1.43. The van der Waals surface area contributed by atoms with E-state index in [4.69, 9.17) is 4.84 Å². The maximum Gasteiger partial charge on any atom is 0.353 e. The SMILES string of the molecule is O=C(N1CCCO1)N(c1ccccc1)c1ccccc1. The van der Waals surface area contributed by atoms with Crippen LogP contribution in [0.25, 0.3) is 0 Å². The van der Waals surface area contributed by atoms with Gasteiger partial charge in [-0.05, 0) is 30.7 Å². The molecule has 1 aliphatic heterocycles. The summed E-state index contributed by atoms with van der Waals surface area (Å²) in [5.41, 5.74) is 1.67. The Labute approximate surface area is 118 Å². The minimum Gasteiger partial charge on any atom is -0.269 e. The van der Waals surface area contributed by atoms with Crippen LogP contribution >= 0.6 is 0 Å². The zero-order valence-corrected chi connectivity index (χ0v) is 11.1. The highest BCUT2D eigenvalue weighted by Crippen LogP contribution is 2.27. The molecule has 0 spiro atoms. The van der Waals surface area contributed by atoms with Gasteiger partial charge in [0.05, 0.1) is 24.5 Å². The maximum absolute atomic E-state index is 12.7. The van der Waals surface area contributed by atoms with Crippen molar-refractivity contribution < 1.29 is 9.63 Å². The first-order chi connectivity index (χ1) is 9.86. The third-order valence-electron chi connectivity index (χ3n) is 3.19. The first kappa shape index (κ1) is 12.7. The predicted molar refractivity (Wildman–Crippen MR) is 77.7 cm³/mol. The van der Waals surface area contributed by atoms with Gasteiger partial charge in [-0.3, -0.25) is 9.74 Å². The second-order valence-corrected chi connectivity index (χ2v) is 4.58. The molecule has 1 fully saturated rings. The molecule has 1 aliphatic rings. The number of hydroxylamine groups is 2. The lowest BCUT2D eigenvalue weighted by Crippen LogP contribution is -2.38. The fourth-order valence-electron chi connectivity index (χ4n) is 2.23.